The van der Waals surface area contributed by atoms with Gasteiger partial charge < -0.3 is 46.7 Å². The van der Waals surface area contributed by atoms with Crippen LogP contribution in [0.3, 0.4) is 0 Å². The maximum Gasteiger partial charge on any atom is 0.409 e. The van der Waals surface area contributed by atoms with Crippen LogP contribution in [0.5, 0.6) is 0 Å². The lowest BCUT2D eigenvalue weighted by Gasteiger charge is -2.39. The zero-order valence-electron chi connectivity index (χ0n) is 32.3. The van der Waals surface area contributed by atoms with Crippen LogP contribution in [0.15, 0.2) is 60.7 Å². The van der Waals surface area contributed by atoms with E-state index in [2.05, 4.69) is 16.0 Å². The maximum absolute atomic E-state index is 14.0. The number of ether oxygens (including phenoxy) is 2. The standard InChI is InChI=1S/C40H61N7O7/c1-28(2)25-34(45-38(50)35(27-30-15-9-6-10-16-30)44-36(48)32(42)26-29-13-7-5-8-14-29)37(49)43-33(17-11-12-20-41)39(51)46-21-18-31(19-22-46)47(23-24-53-3)40(52)54-4/h5-10,13-16,28,31-35H,11-12,17-27,41-42H2,1-4H3,(H,43,49)(H,44,48)(H,45,50)/t32-,33-,34-,35-/m1/s1. The first kappa shape index (κ1) is 43.9. The summed E-state index contributed by atoms with van der Waals surface area (Å²) < 4.78 is 10.2. The molecule has 0 bridgehead atoms. The Morgan fingerprint density at radius 2 is 1.35 bits per heavy atom. The average Bonchev–Trinajstić information content (AvgIpc) is 3.17. The van der Waals surface area contributed by atoms with Crippen molar-refractivity contribution in [1.82, 2.24) is 25.8 Å². The molecule has 1 aliphatic heterocycles. The molecule has 3 rings (SSSR count). The highest BCUT2D eigenvalue weighted by Crippen LogP contribution is 2.20. The molecule has 1 heterocycles. The number of amides is 5. The fourth-order valence-corrected chi connectivity index (χ4v) is 6.64. The topological polar surface area (TPSA) is 198 Å². The van der Waals surface area contributed by atoms with Crippen LogP contribution in [0.4, 0.5) is 4.79 Å². The van der Waals surface area contributed by atoms with Crippen molar-refractivity contribution in [3.63, 3.8) is 0 Å². The molecular weight excluding hydrogens is 690 g/mol. The molecule has 5 amide bonds. The van der Waals surface area contributed by atoms with Crippen molar-refractivity contribution in [2.45, 2.75) is 95.4 Å². The van der Waals surface area contributed by atoms with Crippen LogP contribution in [0.25, 0.3) is 0 Å². The summed E-state index contributed by atoms with van der Waals surface area (Å²) in [5, 5.41) is 8.68. The monoisotopic (exact) mass is 751 g/mol. The Morgan fingerprint density at radius 1 is 0.796 bits per heavy atom. The Balaban J connectivity index is 1.75. The number of methoxy groups -OCH3 is 2. The molecule has 14 nitrogen and oxygen atoms in total. The van der Waals surface area contributed by atoms with Gasteiger partial charge in [-0.1, -0.05) is 74.5 Å². The van der Waals surface area contributed by atoms with Gasteiger partial charge in [0.1, 0.15) is 18.1 Å². The highest BCUT2D eigenvalue weighted by Gasteiger charge is 2.35. The van der Waals surface area contributed by atoms with Crippen molar-refractivity contribution in [1.29, 1.82) is 0 Å². The van der Waals surface area contributed by atoms with E-state index in [0.29, 0.717) is 77.7 Å². The molecule has 1 saturated heterocycles. The number of rotatable bonds is 21. The van der Waals surface area contributed by atoms with Crippen molar-refractivity contribution in [2.75, 3.05) is 47.0 Å². The van der Waals surface area contributed by atoms with Gasteiger partial charge in [-0.2, -0.15) is 0 Å². The van der Waals surface area contributed by atoms with Crippen LogP contribution in [0, 0.1) is 5.92 Å². The number of nitrogens with two attached hydrogens (primary N) is 2. The van der Waals surface area contributed by atoms with E-state index in [1.807, 2.05) is 74.5 Å². The summed E-state index contributed by atoms with van der Waals surface area (Å²) in [7, 11) is 2.91. The Morgan fingerprint density at radius 3 is 1.91 bits per heavy atom. The predicted molar refractivity (Wildman–Crippen MR) is 207 cm³/mol. The highest BCUT2D eigenvalue weighted by atomic mass is 16.5. The normalized spacial score (nSPS) is 15.4. The SMILES string of the molecule is COCCN(C(=O)OC)C1CCN(C(=O)[C@@H](CCCCN)NC(=O)[C@@H](CC(C)C)NC(=O)[C@@H](Cc2ccccc2)NC(=O)[C@H](N)Cc2ccccc2)CC1. The molecule has 1 fully saturated rings. The molecule has 0 spiro atoms. The molecule has 0 aromatic heterocycles. The van der Waals surface area contributed by atoms with Crippen LogP contribution in [0.2, 0.25) is 0 Å². The maximum atomic E-state index is 14.0. The third-order valence-electron chi connectivity index (χ3n) is 9.61. The number of benzene rings is 2. The van der Waals surface area contributed by atoms with Gasteiger partial charge >= 0.3 is 6.09 Å². The minimum atomic E-state index is -1.01. The summed E-state index contributed by atoms with van der Waals surface area (Å²) in [6, 6.07) is 14.8. The van der Waals surface area contributed by atoms with Gasteiger partial charge in [0, 0.05) is 39.2 Å². The van der Waals surface area contributed by atoms with E-state index in [1.54, 1.807) is 16.9 Å². The van der Waals surface area contributed by atoms with Gasteiger partial charge in [0.2, 0.25) is 23.6 Å². The predicted octanol–water partition coefficient (Wildman–Crippen LogP) is 2.13. The molecule has 0 radical (unpaired) electrons. The second kappa shape index (κ2) is 23.3. The van der Waals surface area contributed by atoms with Crippen molar-refractivity contribution in [3.8, 4) is 0 Å². The van der Waals surface area contributed by atoms with Crippen LogP contribution in [0.1, 0.15) is 63.5 Å². The average molecular weight is 752 g/mol. The smallest absolute Gasteiger partial charge is 0.409 e. The number of likely N-dealkylation sites (tertiary alicyclic amines) is 1. The van der Waals surface area contributed by atoms with Gasteiger partial charge in [0.25, 0.3) is 0 Å². The number of unbranched alkanes of at least 4 members (excludes halogenated alkanes) is 1. The molecule has 0 unspecified atom stereocenters. The lowest BCUT2D eigenvalue weighted by molar-refractivity contribution is -0.139. The van der Waals surface area contributed by atoms with E-state index >= 15 is 0 Å². The summed E-state index contributed by atoms with van der Waals surface area (Å²) >= 11 is 0. The van der Waals surface area contributed by atoms with Gasteiger partial charge in [-0.15, -0.1) is 0 Å². The number of nitrogens with zero attached hydrogens (tertiary/aromatic N) is 2. The fourth-order valence-electron chi connectivity index (χ4n) is 6.64. The number of nitrogens with one attached hydrogen (secondary N) is 3. The van der Waals surface area contributed by atoms with Crippen molar-refractivity contribution >= 4 is 29.7 Å². The molecule has 54 heavy (non-hydrogen) atoms. The van der Waals surface area contributed by atoms with Crippen LogP contribution >= 0.6 is 0 Å². The van der Waals surface area contributed by atoms with E-state index in [0.717, 1.165) is 11.1 Å². The second-order valence-corrected chi connectivity index (χ2v) is 14.3. The van der Waals surface area contributed by atoms with Gasteiger partial charge in [-0.05, 0) is 68.5 Å². The van der Waals surface area contributed by atoms with E-state index in [1.165, 1.54) is 7.11 Å². The number of piperidine rings is 1. The van der Waals surface area contributed by atoms with Crippen molar-refractivity contribution in [3.05, 3.63) is 71.8 Å². The number of carbonyl (C=O) groups is 5. The summed E-state index contributed by atoms with van der Waals surface area (Å²) in [5.41, 5.74) is 13.8. The second-order valence-electron chi connectivity index (χ2n) is 14.3. The molecule has 0 aliphatic carbocycles. The van der Waals surface area contributed by atoms with Gasteiger partial charge in [-0.25, -0.2) is 4.79 Å². The number of carbonyl (C=O) groups excluding carboxylic acids is 5. The first-order valence-corrected chi connectivity index (χ1v) is 19.0. The lowest BCUT2D eigenvalue weighted by Crippen LogP contribution is -2.59. The number of hydrogen-bond acceptors (Lipinski definition) is 9. The lowest BCUT2D eigenvalue weighted by atomic mass is 9.99. The van der Waals surface area contributed by atoms with Crippen LogP contribution in [-0.4, -0.2) is 117 Å². The summed E-state index contributed by atoms with van der Waals surface area (Å²) in [6.07, 6.45) is 3.09. The van der Waals surface area contributed by atoms with Crippen molar-refractivity contribution < 1.29 is 33.4 Å². The molecule has 2 aromatic carbocycles. The van der Waals surface area contributed by atoms with Crippen molar-refractivity contribution in [2.24, 2.45) is 17.4 Å². The van der Waals surface area contributed by atoms with E-state index < -0.39 is 48.0 Å². The minimum absolute atomic E-state index is 0.0174. The third kappa shape index (κ3) is 14.4. The van der Waals surface area contributed by atoms with E-state index in [9.17, 15) is 24.0 Å². The fraction of sp³-hybridized carbons (Fsp3) is 0.575. The molecule has 4 atom stereocenters. The number of hydrogen-bond donors (Lipinski definition) is 5. The van der Waals surface area contributed by atoms with Gasteiger partial charge in [0.15, 0.2) is 0 Å². The Labute approximate surface area is 320 Å². The Kier molecular flexibility index (Phi) is 18.9. The van der Waals surface area contributed by atoms with Gasteiger partial charge in [0.05, 0.1) is 19.8 Å². The minimum Gasteiger partial charge on any atom is -0.453 e. The summed E-state index contributed by atoms with van der Waals surface area (Å²) in [5.74, 6) is -1.71. The zero-order chi connectivity index (χ0) is 39.5. The molecule has 1 aliphatic rings. The highest BCUT2D eigenvalue weighted by molar-refractivity contribution is 5.95. The quantitative estimate of drug-likeness (QED) is 0.119. The van der Waals surface area contributed by atoms with Crippen LogP contribution in [-0.2, 0) is 41.5 Å². The van der Waals surface area contributed by atoms with Gasteiger partial charge in [-0.3, -0.25) is 19.2 Å². The molecule has 7 N–H and O–H groups in total. The first-order valence-electron chi connectivity index (χ1n) is 19.0. The van der Waals surface area contributed by atoms with E-state index in [4.69, 9.17) is 20.9 Å². The Hall–Kier alpha value is -4.53. The van der Waals surface area contributed by atoms with Crippen LogP contribution < -0.4 is 27.4 Å². The third-order valence-corrected chi connectivity index (χ3v) is 9.61. The zero-order valence-corrected chi connectivity index (χ0v) is 32.3. The molecule has 298 valence electrons. The molecule has 14 heteroatoms. The summed E-state index contributed by atoms with van der Waals surface area (Å²) in [6.45, 7) is 5.85. The first-order chi connectivity index (χ1) is 26.0. The summed E-state index contributed by atoms with van der Waals surface area (Å²) in [4.78, 5) is 71.1. The molecular formula is C40H61N7O7. The van der Waals surface area contributed by atoms with E-state index in [-0.39, 0.29) is 24.3 Å². The largest absolute Gasteiger partial charge is 0.453 e. The molecule has 2 aromatic rings. The Bertz CT molecular complexity index is 1460. The molecule has 0 saturated carbocycles.